The average Bonchev–Trinajstić information content (AvgIpc) is 2.79. The lowest BCUT2D eigenvalue weighted by molar-refractivity contribution is 0.0693. The zero-order valence-electron chi connectivity index (χ0n) is 17.2. The molecule has 2 aromatic carbocycles. The van der Waals surface area contributed by atoms with Gasteiger partial charge in [-0.05, 0) is 30.3 Å². The van der Waals surface area contributed by atoms with Gasteiger partial charge < -0.3 is 19.1 Å². The lowest BCUT2D eigenvalue weighted by atomic mass is 10.1. The van der Waals surface area contributed by atoms with Crippen molar-refractivity contribution in [2.75, 3.05) is 47.5 Å². The van der Waals surface area contributed by atoms with E-state index < -0.39 is 10.0 Å². The predicted molar refractivity (Wildman–Crippen MR) is 117 cm³/mol. The highest BCUT2D eigenvalue weighted by molar-refractivity contribution is 7.89. The van der Waals surface area contributed by atoms with Crippen LogP contribution in [-0.2, 0) is 10.0 Å². The SMILES string of the molecule is COc1ccc(C(=O)N2CCN(S(=O)(=O)c3ccc(Cl)c(Cl)c3)CC2)c(OC)c1OC. The molecule has 1 aliphatic heterocycles. The average molecular weight is 489 g/mol. The van der Waals surface area contributed by atoms with Crippen molar-refractivity contribution in [2.45, 2.75) is 4.90 Å². The first-order valence-electron chi connectivity index (χ1n) is 9.28. The largest absolute Gasteiger partial charge is 0.493 e. The first-order valence-corrected chi connectivity index (χ1v) is 11.5. The van der Waals surface area contributed by atoms with Crippen LogP contribution < -0.4 is 14.2 Å². The summed E-state index contributed by atoms with van der Waals surface area (Å²) in [6.07, 6.45) is 0. The van der Waals surface area contributed by atoms with E-state index in [0.29, 0.717) is 17.1 Å². The number of rotatable bonds is 6. The van der Waals surface area contributed by atoms with Crippen molar-refractivity contribution in [2.24, 2.45) is 0 Å². The number of ether oxygens (including phenoxy) is 3. The molecule has 11 heteroatoms. The Morgan fingerprint density at radius 2 is 1.52 bits per heavy atom. The van der Waals surface area contributed by atoms with Crippen LogP contribution in [0, 0.1) is 0 Å². The second-order valence-corrected chi connectivity index (χ2v) is 9.41. The van der Waals surface area contributed by atoms with E-state index in [1.807, 2.05) is 0 Å². The summed E-state index contributed by atoms with van der Waals surface area (Å²) in [6, 6.07) is 7.40. The van der Waals surface area contributed by atoms with Gasteiger partial charge in [-0.1, -0.05) is 23.2 Å². The number of piperazine rings is 1. The molecule has 0 radical (unpaired) electrons. The Balaban J connectivity index is 1.78. The summed E-state index contributed by atoms with van der Waals surface area (Å²) >= 11 is 11.8. The highest BCUT2D eigenvalue weighted by Crippen LogP contribution is 2.40. The van der Waals surface area contributed by atoms with Crippen molar-refractivity contribution >= 4 is 39.1 Å². The van der Waals surface area contributed by atoms with Crippen molar-refractivity contribution in [1.82, 2.24) is 9.21 Å². The first kappa shape index (κ1) is 23.5. The van der Waals surface area contributed by atoms with E-state index >= 15 is 0 Å². The number of carbonyl (C=O) groups excluding carboxylic acids is 1. The quantitative estimate of drug-likeness (QED) is 0.620. The molecule has 0 atom stereocenters. The van der Waals surface area contributed by atoms with Gasteiger partial charge in [0.1, 0.15) is 0 Å². The molecule has 1 aliphatic rings. The molecule has 0 unspecified atom stereocenters. The van der Waals surface area contributed by atoms with Gasteiger partial charge in [-0.25, -0.2) is 8.42 Å². The van der Waals surface area contributed by atoms with Crippen LogP contribution in [0.15, 0.2) is 35.2 Å². The molecule has 0 aromatic heterocycles. The van der Waals surface area contributed by atoms with Gasteiger partial charge in [0.25, 0.3) is 5.91 Å². The summed E-state index contributed by atoms with van der Waals surface area (Å²) in [5.74, 6) is 0.729. The molecule has 1 amide bonds. The Labute approximate surface area is 191 Å². The van der Waals surface area contributed by atoms with E-state index in [1.54, 1.807) is 17.0 Å². The van der Waals surface area contributed by atoms with E-state index in [1.165, 1.54) is 43.8 Å². The number of carbonyl (C=O) groups is 1. The third-order valence-electron chi connectivity index (χ3n) is 4.99. The topological polar surface area (TPSA) is 85.4 Å². The zero-order valence-corrected chi connectivity index (χ0v) is 19.6. The standard InChI is InChI=1S/C20H22Cl2N2O6S/c1-28-17-7-5-14(18(29-2)19(17)30-3)20(25)23-8-10-24(11-9-23)31(26,27)13-4-6-15(21)16(22)12-13/h4-7,12H,8-11H2,1-3H3. The van der Waals surface area contributed by atoms with Crippen molar-refractivity contribution in [3.63, 3.8) is 0 Å². The summed E-state index contributed by atoms with van der Waals surface area (Å²) in [4.78, 5) is 14.7. The normalized spacial score (nSPS) is 14.9. The van der Waals surface area contributed by atoms with Gasteiger partial charge in [0.2, 0.25) is 15.8 Å². The van der Waals surface area contributed by atoms with Crippen LogP contribution in [0.2, 0.25) is 10.0 Å². The molecule has 3 rings (SSSR count). The van der Waals surface area contributed by atoms with Gasteiger partial charge in [0.15, 0.2) is 11.5 Å². The Morgan fingerprint density at radius 1 is 0.871 bits per heavy atom. The van der Waals surface area contributed by atoms with Gasteiger partial charge in [0, 0.05) is 26.2 Å². The number of benzene rings is 2. The maximum Gasteiger partial charge on any atom is 0.257 e. The van der Waals surface area contributed by atoms with E-state index in [2.05, 4.69) is 0 Å². The Bertz CT molecular complexity index is 1090. The van der Waals surface area contributed by atoms with Crippen LogP contribution in [-0.4, -0.2) is 71.0 Å². The van der Waals surface area contributed by atoms with Gasteiger partial charge >= 0.3 is 0 Å². The number of methoxy groups -OCH3 is 3. The first-order chi connectivity index (χ1) is 14.7. The van der Waals surface area contributed by atoms with Crippen LogP contribution >= 0.6 is 23.2 Å². The Hall–Kier alpha value is -2.20. The van der Waals surface area contributed by atoms with Gasteiger partial charge in [0.05, 0.1) is 41.8 Å². The van der Waals surface area contributed by atoms with Crippen LogP contribution in [0.25, 0.3) is 0 Å². The zero-order chi connectivity index (χ0) is 22.8. The molecule has 1 saturated heterocycles. The summed E-state index contributed by atoms with van der Waals surface area (Å²) in [7, 11) is 0.636. The van der Waals surface area contributed by atoms with Crippen LogP contribution in [0.5, 0.6) is 17.2 Å². The van der Waals surface area contributed by atoms with Crippen LogP contribution in [0.4, 0.5) is 0 Å². The van der Waals surface area contributed by atoms with E-state index in [4.69, 9.17) is 37.4 Å². The number of hydrogen-bond acceptors (Lipinski definition) is 6. The van der Waals surface area contributed by atoms with Gasteiger partial charge in [-0.2, -0.15) is 4.31 Å². The van der Waals surface area contributed by atoms with E-state index in [9.17, 15) is 13.2 Å². The Morgan fingerprint density at radius 3 is 2.06 bits per heavy atom. The minimum Gasteiger partial charge on any atom is -0.493 e. The molecule has 0 spiro atoms. The monoisotopic (exact) mass is 488 g/mol. The van der Waals surface area contributed by atoms with E-state index in [-0.39, 0.29) is 52.8 Å². The molecule has 0 saturated carbocycles. The predicted octanol–water partition coefficient (Wildman–Crippen LogP) is 3.17. The summed E-state index contributed by atoms with van der Waals surface area (Å²) in [5.41, 5.74) is 0.306. The van der Waals surface area contributed by atoms with Crippen LogP contribution in [0.1, 0.15) is 10.4 Å². The molecule has 31 heavy (non-hydrogen) atoms. The lowest BCUT2D eigenvalue weighted by Crippen LogP contribution is -2.50. The van der Waals surface area contributed by atoms with Gasteiger partial charge in [-0.3, -0.25) is 4.79 Å². The smallest absolute Gasteiger partial charge is 0.257 e. The molecular weight excluding hydrogens is 467 g/mol. The van der Waals surface area contributed by atoms with Crippen molar-refractivity contribution < 1.29 is 27.4 Å². The van der Waals surface area contributed by atoms with E-state index in [0.717, 1.165) is 0 Å². The van der Waals surface area contributed by atoms with Crippen molar-refractivity contribution in [3.05, 3.63) is 45.9 Å². The second kappa shape index (κ2) is 9.52. The van der Waals surface area contributed by atoms with Gasteiger partial charge in [-0.15, -0.1) is 0 Å². The minimum atomic E-state index is -3.76. The number of hydrogen-bond donors (Lipinski definition) is 0. The van der Waals surface area contributed by atoms with Crippen molar-refractivity contribution in [1.29, 1.82) is 0 Å². The third-order valence-corrected chi connectivity index (χ3v) is 7.62. The lowest BCUT2D eigenvalue weighted by Gasteiger charge is -2.34. The van der Waals surface area contributed by atoms with Crippen LogP contribution in [0.3, 0.4) is 0 Å². The molecule has 8 nitrogen and oxygen atoms in total. The molecule has 2 aromatic rings. The fraction of sp³-hybridized carbons (Fsp3) is 0.350. The molecule has 168 valence electrons. The molecule has 0 N–H and O–H groups in total. The highest BCUT2D eigenvalue weighted by atomic mass is 35.5. The number of halogens is 2. The number of nitrogens with zero attached hydrogens (tertiary/aromatic N) is 2. The molecular formula is C20H22Cl2N2O6S. The molecule has 1 fully saturated rings. The minimum absolute atomic E-state index is 0.0586. The summed E-state index contributed by atoms with van der Waals surface area (Å²) in [5, 5.41) is 0.442. The summed E-state index contributed by atoms with van der Waals surface area (Å²) < 4.78 is 43.1. The fourth-order valence-electron chi connectivity index (χ4n) is 3.36. The maximum atomic E-state index is 13.1. The number of amides is 1. The summed E-state index contributed by atoms with van der Waals surface area (Å²) in [6.45, 7) is 0.724. The molecule has 1 heterocycles. The third kappa shape index (κ3) is 4.55. The highest BCUT2D eigenvalue weighted by Gasteiger charge is 2.32. The molecule has 0 bridgehead atoms. The Kier molecular flexibility index (Phi) is 7.20. The second-order valence-electron chi connectivity index (χ2n) is 6.65. The number of sulfonamides is 1. The van der Waals surface area contributed by atoms with Crippen molar-refractivity contribution in [3.8, 4) is 17.2 Å². The maximum absolute atomic E-state index is 13.1. The fourth-order valence-corrected chi connectivity index (χ4v) is 5.17. The molecule has 0 aliphatic carbocycles.